The number of carbonyl (C=O) groups excluding carboxylic acids is 1. The van der Waals surface area contributed by atoms with Crippen LogP contribution in [0.4, 0.5) is 5.69 Å². The molecule has 8 nitrogen and oxygen atoms in total. The number of aryl methyl sites for hydroxylation is 1. The monoisotopic (exact) mass is 287 g/mol. The van der Waals surface area contributed by atoms with E-state index in [1.54, 1.807) is 32.0 Å². The van der Waals surface area contributed by atoms with Crippen molar-refractivity contribution in [3.8, 4) is 0 Å². The van der Waals surface area contributed by atoms with Crippen LogP contribution in [0.5, 0.6) is 0 Å². The Labute approximate surface area is 120 Å². The van der Waals surface area contributed by atoms with Crippen molar-refractivity contribution in [2.75, 3.05) is 0 Å². The Bertz CT molecular complexity index is 703. The lowest BCUT2D eigenvalue weighted by atomic mass is 10.1. The number of non-ortho nitro benzene ring substituents is 1. The number of nitrogens with zero attached hydrogens (tertiary/aromatic N) is 3. The van der Waals surface area contributed by atoms with Crippen LogP contribution in [-0.4, -0.2) is 26.7 Å². The number of amides is 1. The van der Waals surface area contributed by atoms with Gasteiger partial charge in [-0.3, -0.25) is 20.0 Å². The number of hydrogen-bond acceptors (Lipinski definition) is 5. The number of H-pyrrole nitrogens is 1. The molecule has 2 aromatic rings. The summed E-state index contributed by atoms with van der Waals surface area (Å²) in [6.07, 6.45) is 0. The van der Waals surface area contributed by atoms with Crippen molar-refractivity contribution >= 4 is 17.3 Å². The van der Waals surface area contributed by atoms with Crippen molar-refractivity contribution in [1.82, 2.24) is 15.6 Å². The van der Waals surface area contributed by atoms with Gasteiger partial charge in [0.1, 0.15) is 0 Å². The molecule has 0 spiro atoms. The van der Waals surface area contributed by atoms with Crippen molar-refractivity contribution in [1.29, 1.82) is 0 Å². The van der Waals surface area contributed by atoms with Crippen molar-refractivity contribution in [3.05, 3.63) is 57.4 Å². The fourth-order valence-corrected chi connectivity index (χ4v) is 1.62. The van der Waals surface area contributed by atoms with Crippen LogP contribution in [0.1, 0.15) is 28.7 Å². The van der Waals surface area contributed by atoms with Crippen LogP contribution >= 0.6 is 0 Å². The van der Waals surface area contributed by atoms with Gasteiger partial charge >= 0.3 is 0 Å². The van der Waals surface area contributed by atoms with E-state index in [1.807, 2.05) is 0 Å². The van der Waals surface area contributed by atoms with Crippen LogP contribution in [0.2, 0.25) is 0 Å². The maximum atomic E-state index is 11.7. The third-order valence-electron chi connectivity index (χ3n) is 2.76. The highest BCUT2D eigenvalue weighted by Crippen LogP contribution is 2.12. The van der Waals surface area contributed by atoms with Crippen LogP contribution in [0.3, 0.4) is 0 Å². The molecule has 1 heterocycles. The predicted octanol–water partition coefficient (Wildman–Crippen LogP) is 1.78. The summed E-state index contributed by atoms with van der Waals surface area (Å²) in [4.78, 5) is 21.8. The second-order valence-corrected chi connectivity index (χ2v) is 4.38. The lowest BCUT2D eigenvalue weighted by molar-refractivity contribution is -0.384. The summed E-state index contributed by atoms with van der Waals surface area (Å²) in [6, 6.07) is 7.51. The van der Waals surface area contributed by atoms with E-state index in [9.17, 15) is 14.9 Å². The largest absolute Gasteiger partial charge is 0.291 e. The van der Waals surface area contributed by atoms with E-state index in [1.165, 1.54) is 12.1 Å². The zero-order valence-corrected chi connectivity index (χ0v) is 11.5. The predicted molar refractivity (Wildman–Crippen MR) is 76.1 cm³/mol. The van der Waals surface area contributed by atoms with E-state index in [0.29, 0.717) is 11.3 Å². The maximum Gasteiger partial charge on any atom is 0.291 e. The van der Waals surface area contributed by atoms with E-state index < -0.39 is 10.8 Å². The number of hydrazone groups is 1. The summed E-state index contributed by atoms with van der Waals surface area (Å²) >= 11 is 0. The number of nitro benzene ring substituents is 1. The molecule has 2 N–H and O–H groups in total. The standard InChI is InChI=1S/C13H13N5O3/c1-8-7-12(16-14-8)13(19)17-15-9(2)10-3-5-11(6-4-10)18(20)21/h3-7H,1-2H3,(H,14,16)(H,17,19)/b15-9-. The second kappa shape index (κ2) is 5.95. The molecule has 0 atom stereocenters. The van der Waals surface area contributed by atoms with Crippen molar-refractivity contribution < 1.29 is 9.72 Å². The molecule has 2 rings (SSSR count). The number of nitrogens with one attached hydrogen (secondary N) is 2. The fraction of sp³-hybridized carbons (Fsp3) is 0.154. The van der Waals surface area contributed by atoms with E-state index in [-0.39, 0.29) is 11.4 Å². The van der Waals surface area contributed by atoms with Gasteiger partial charge in [-0.15, -0.1) is 0 Å². The topological polar surface area (TPSA) is 113 Å². The average molecular weight is 287 g/mol. The summed E-state index contributed by atoms with van der Waals surface area (Å²) < 4.78 is 0. The van der Waals surface area contributed by atoms with Gasteiger partial charge in [0.15, 0.2) is 5.69 Å². The van der Waals surface area contributed by atoms with E-state index in [2.05, 4.69) is 20.7 Å². The molecule has 1 amide bonds. The van der Waals surface area contributed by atoms with Crippen molar-refractivity contribution in [2.45, 2.75) is 13.8 Å². The van der Waals surface area contributed by atoms with Gasteiger partial charge in [0, 0.05) is 17.8 Å². The maximum absolute atomic E-state index is 11.7. The Morgan fingerprint density at radius 3 is 2.57 bits per heavy atom. The Kier molecular flexibility index (Phi) is 4.07. The molecule has 0 aliphatic heterocycles. The Morgan fingerprint density at radius 1 is 1.38 bits per heavy atom. The van der Waals surface area contributed by atoms with Gasteiger partial charge in [-0.05, 0) is 37.6 Å². The molecule has 8 heteroatoms. The van der Waals surface area contributed by atoms with Crippen LogP contribution < -0.4 is 5.43 Å². The van der Waals surface area contributed by atoms with Gasteiger partial charge in [-0.2, -0.15) is 10.2 Å². The molecule has 0 fully saturated rings. The summed E-state index contributed by atoms with van der Waals surface area (Å²) in [5, 5.41) is 21.0. The van der Waals surface area contributed by atoms with Gasteiger partial charge in [-0.1, -0.05) is 0 Å². The molecular weight excluding hydrogens is 274 g/mol. The zero-order valence-electron chi connectivity index (χ0n) is 11.5. The summed E-state index contributed by atoms with van der Waals surface area (Å²) in [6.45, 7) is 3.48. The minimum atomic E-state index is -0.474. The average Bonchev–Trinajstić information content (AvgIpc) is 2.91. The number of hydrogen-bond donors (Lipinski definition) is 2. The number of aromatic nitrogens is 2. The lowest BCUT2D eigenvalue weighted by Crippen LogP contribution is -2.19. The molecule has 0 radical (unpaired) electrons. The number of benzene rings is 1. The van der Waals surface area contributed by atoms with Crippen molar-refractivity contribution in [3.63, 3.8) is 0 Å². The molecule has 0 aliphatic rings. The third kappa shape index (κ3) is 3.50. The van der Waals surface area contributed by atoms with E-state index >= 15 is 0 Å². The molecule has 0 aliphatic carbocycles. The first-order chi connectivity index (χ1) is 9.97. The van der Waals surface area contributed by atoms with Crippen LogP contribution in [-0.2, 0) is 0 Å². The quantitative estimate of drug-likeness (QED) is 0.506. The third-order valence-corrected chi connectivity index (χ3v) is 2.76. The first-order valence-electron chi connectivity index (χ1n) is 6.09. The van der Waals surface area contributed by atoms with Gasteiger partial charge in [0.2, 0.25) is 0 Å². The Balaban J connectivity index is 2.07. The second-order valence-electron chi connectivity index (χ2n) is 4.38. The molecule has 0 saturated heterocycles. The Hall–Kier alpha value is -3.03. The van der Waals surface area contributed by atoms with E-state index in [0.717, 1.165) is 5.69 Å². The number of aromatic amines is 1. The van der Waals surface area contributed by atoms with Gasteiger partial charge in [-0.25, -0.2) is 5.43 Å². The first-order valence-corrected chi connectivity index (χ1v) is 6.09. The summed E-state index contributed by atoms with van der Waals surface area (Å²) in [5.41, 5.74) is 4.61. The van der Waals surface area contributed by atoms with Gasteiger partial charge in [0.05, 0.1) is 10.6 Å². The molecule has 0 bridgehead atoms. The van der Waals surface area contributed by atoms with Gasteiger partial charge in [0.25, 0.3) is 11.6 Å². The number of rotatable bonds is 4. The first kappa shape index (κ1) is 14.4. The highest BCUT2D eigenvalue weighted by Gasteiger charge is 2.09. The zero-order chi connectivity index (χ0) is 15.4. The molecule has 108 valence electrons. The molecule has 1 aromatic carbocycles. The molecule has 0 saturated carbocycles. The molecule has 0 unspecified atom stereocenters. The van der Waals surface area contributed by atoms with Crippen LogP contribution in [0.25, 0.3) is 0 Å². The lowest BCUT2D eigenvalue weighted by Gasteiger charge is -2.01. The number of nitro groups is 1. The van der Waals surface area contributed by atoms with E-state index in [4.69, 9.17) is 0 Å². The molecular formula is C13H13N5O3. The van der Waals surface area contributed by atoms with Gasteiger partial charge < -0.3 is 0 Å². The molecule has 1 aromatic heterocycles. The SMILES string of the molecule is C/C(=N/NC(=O)c1cc(C)[nH]n1)c1ccc([N+](=O)[O-])cc1. The molecule has 21 heavy (non-hydrogen) atoms. The normalized spacial score (nSPS) is 11.2. The van der Waals surface area contributed by atoms with Crippen LogP contribution in [0.15, 0.2) is 35.4 Å². The smallest absolute Gasteiger partial charge is 0.282 e. The van der Waals surface area contributed by atoms with Crippen LogP contribution in [0, 0.1) is 17.0 Å². The summed E-state index contributed by atoms with van der Waals surface area (Å²) in [7, 11) is 0. The summed E-state index contributed by atoms with van der Waals surface area (Å²) in [5.74, 6) is -0.430. The minimum absolute atomic E-state index is 0.00239. The number of carbonyl (C=O) groups is 1. The Morgan fingerprint density at radius 2 is 2.05 bits per heavy atom. The van der Waals surface area contributed by atoms with Crippen molar-refractivity contribution in [2.24, 2.45) is 5.10 Å². The highest BCUT2D eigenvalue weighted by molar-refractivity contribution is 6.00. The fourth-order valence-electron chi connectivity index (χ4n) is 1.62. The minimum Gasteiger partial charge on any atom is -0.282 e. The highest BCUT2D eigenvalue weighted by atomic mass is 16.6.